The average Bonchev–Trinajstić information content (AvgIpc) is 2.87. The second-order valence-electron chi connectivity index (χ2n) is 6.43. The van der Waals surface area contributed by atoms with E-state index >= 15 is 0 Å². The van der Waals surface area contributed by atoms with E-state index in [1.54, 1.807) is 0 Å². The Morgan fingerprint density at radius 2 is 2.12 bits per heavy atom. The fourth-order valence-corrected chi connectivity index (χ4v) is 3.51. The van der Waals surface area contributed by atoms with E-state index in [4.69, 9.17) is 0 Å². The van der Waals surface area contributed by atoms with Gasteiger partial charge in [0.25, 0.3) is 5.91 Å². The molecule has 1 aromatic carbocycles. The van der Waals surface area contributed by atoms with Crippen LogP contribution in [0.5, 0.6) is 0 Å². The topological polar surface area (TPSA) is 59.0 Å². The van der Waals surface area contributed by atoms with E-state index in [9.17, 15) is 4.79 Å². The Hall–Kier alpha value is -1.85. The molecule has 1 unspecified atom stereocenters. The number of aromatic nitrogens is 2. The Kier molecular flexibility index (Phi) is 6.62. The lowest BCUT2D eigenvalue weighted by atomic mass is 9.94. The van der Waals surface area contributed by atoms with Gasteiger partial charge in [0.1, 0.15) is 0 Å². The number of hydrogen-bond acceptors (Lipinski definition) is 3. The Morgan fingerprint density at radius 3 is 2.88 bits per heavy atom. The second-order valence-corrected chi connectivity index (χ2v) is 6.43. The van der Waals surface area contributed by atoms with Crippen LogP contribution in [0.4, 0.5) is 0 Å². The molecule has 0 saturated heterocycles. The molecular formula is C19H27ClN4O. The number of carbonyl (C=O) groups excluding carboxylic acids is 1. The molecule has 6 heteroatoms. The highest BCUT2D eigenvalue weighted by atomic mass is 35.5. The third-order valence-electron chi connectivity index (χ3n) is 4.73. The van der Waals surface area contributed by atoms with Crippen LogP contribution in [0.3, 0.4) is 0 Å². The van der Waals surface area contributed by atoms with Crippen molar-refractivity contribution in [3.63, 3.8) is 0 Å². The van der Waals surface area contributed by atoms with Crippen LogP contribution in [0.25, 0.3) is 0 Å². The van der Waals surface area contributed by atoms with E-state index < -0.39 is 0 Å². The zero-order valence-corrected chi connectivity index (χ0v) is 15.9. The van der Waals surface area contributed by atoms with E-state index in [0.29, 0.717) is 12.1 Å². The Balaban J connectivity index is 0.00000225. The zero-order valence-electron chi connectivity index (χ0n) is 15.1. The van der Waals surface area contributed by atoms with Gasteiger partial charge in [-0.1, -0.05) is 31.2 Å². The van der Waals surface area contributed by atoms with Gasteiger partial charge in [-0.15, -0.1) is 12.4 Å². The first-order chi connectivity index (χ1) is 11.6. The van der Waals surface area contributed by atoms with Gasteiger partial charge in [0.15, 0.2) is 0 Å². The van der Waals surface area contributed by atoms with Crippen LogP contribution in [0.15, 0.2) is 24.3 Å². The second kappa shape index (κ2) is 8.50. The quantitative estimate of drug-likeness (QED) is 0.859. The van der Waals surface area contributed by atoms with E-state index in [1.165, 1.54) is 11.1 Å². The monoisotopic (exact) mass is 362 g/mol. The number of amides is 1. The van der Waals surface area contributed by atoms with Crippen molar-refractivity contribution in [2.45, 2.75) is 46.2 Å². The summed E-state index contributed by atoms with van der Waals surface area (Å²) in [4.78, 5) is 12.7. The first-order valence-electron chi connectivity index (χ1n) is 8.75. The van der Waals surface area contributed by atoms with Crippen LogP contribution >= 0.6 is 12.4 Å². The van der Waals surface area contributed by atoms with Crippen molar-refractivity contribution in [1.82, 2.24) is 20.4 Å². The molecule has 0 saturated carbocycles. The Morgan fingerprint density at radius 1 is 1.36 bits per heavy atom. The lowest BCUT2D eigenvalue weighted by Gasteiger charge is -2.27. The summed E-state index contributed by atoms with van der Waals surface area (Å²) in [6.07, 6.45) is 2.05. The maximum Gasteiger partial charge on any atom is 0.255 e. The molecule has 1 amide bonds. The molecule has 0 fully saturated rings. The lowest BCUT2D eigenvalue weighted by Crippen LogP contribution is -2.39. The maximum atomic E-state index is 12.7. The largest absolute Gasteiger partial charge is 0.350 e. The molecule has 3 rings (SSSR count). The summed E-state index contributed by atoms with van der Waals surface area (Å²) in [5.41, 5.74) is 5.13. The van der Waals surface area contributed by atoms with E-state index in [-0.39, 0.29) is 24.4 Å². The fraction of sp³-hybridized carbons (Fsp3) is 0.474. The SMILES string of the molecule is CCCn1nc(C)c(C(=O)NCC2NCCc3ccccc32)c1C.Cl. The number of halogens is 1. The molecule has 2 aromatic rings. The molecule has 1 aromatic heterocycles. The van der Waals surface area contributed by atoms with Crippen molar-refractivity contribution in [2.75, 3.05) is 13.1 Å². The zero-order chi connectivity index (χ0) is 17.1. The number of fused-ring (bicyclic) bond motifs is 1. The smallest absolute Gasteiger partial charge is 0.255 e. The normalized spacial score (nSPS) is 16.0. The number of carbonyl (C=O) groups is 1. The van der Waals surface area contributed by atoms with Gasteiger partial charge in [0.05, 0.1) is 11.3 Å². The maximum absolute atomic E-state index is 12.7. The molecule has 2 N–H and O–H groups in total. The van der Waals surface area contributed by atoms with Gasteiger partial charge in [-0.2, -0.15) is 5.10 Å². The molecule has 5 nitrogen and oxygen atoms in total. The van der Waals surface area contributed by atoms with Gasteiger partial charge in [-0.25, -0.2) is 0 Å². The number of hydrogen-bond donors (Lipinski definition) is 2. The molecule has 0 bridgehead atoms. The molecule has 136 valence electrons. The molecule has 1 aliphatic rings. The van der Waals surface area contributed by atoms with E-state index in [2.05, 4.69) is 46.9 Å². The van der Waals surface area contributed by atoms with Crippen molar-refractivity contribution in [2.24, 2.45) is 0 Å². The van der Waals surface area contributed by atoms with Crippen molar-refractivity contribution >= 4 is 18.3 Å². The number of rotatable bonds is 5. The molecule has 0 radical (unpaired) electrons. The molecule has 1 aliphatic heterocycles. The van der Waals surface area contributed by atoms with Gasteiger partial charge < -0.3 is 10.6 Å². The predicted molar refractivity (Wildman–Crippen MR) is 102 cm³/mol. The summed E-state index contributed by atoms with van der Waals surface area (Å²) >= 11 is 0. The highest BCUT2D eigenvalue weighted by Gasteiger charge is 2.22. The van der Waals surface area contributed by atoms with Crippen molar-refractivity contribution in [3.05, 3.63) is 52.3 Å². The molecule has 0 aliphatic carbocycles. The first-order valence-corrected chi connectivity index (χ1v) is 8.75. The third kappa shape index (κ3) is 4.05. The van der Waals surface area contributed by atoms with Crippen molar-refractivity contribution < 1.29 is 4.79 Å². The number of aryl methyl sites for hydroxylation is 2. The third-order valence-corrected chi connectivity index (χ3v) is 4.73. The van der Waals surface area contributed by atoms with Crippen LogP contribution in [0.2, 0.25) is 0 Å². The number of benzene rings is 1. The van der Waals surface area contributed by atoms with Crippen LogP contribution < -0.4 is 10.6 Å². The summed E-state index contributed by atoms with van der Waals surface area (Å²) < 4.78 is 1.93. The molecule has 1 atom stereocenters. The molecule has 25 heavy (non-hydrogen) atoms. The van der Waals surface area contributed by atoms with Gasteiger partial charge in [0.2, 0.25) is 0 Å². The van der Waals surface area contributed by atoms with Crippen LogP contribution in [-0.4, -0.2) is 28.8 Å². The first kappa shape index (κ1) is 19.5. The minimum Gasteiger partial charge on any atom is -0.350 e. The van der Waals surface area contributed by atoms with Gasteiger partial charge in [-0.05, 0) is 44.4 Å². The highest BCUT2D eigenvalue weighted by molar-refractivity contribution is 5.96. The highest BCUT2D eigenvalue weighted by Crippen LogP contribution is 2.22. The van der Waals surface area contributed by atoms with Crippen molar-refractivity contribution in [3.8, 4) is 0 Å². The minimum absolute atomic E-state index is 0. The minimum atomic E-state index is -0.0304. The van der Waals surface area contributed by atoms with Crippen molar-refractivity contribution in [1.29, 1.82) is 0 Å². The number of nitrogens with one attached hydrogen (secondary N) is 2. The number of nitrogens with zero attached hydrogens (tertiary/aromatic N) is 2. The van der Waals surface area contributed by atoms with Gasteiger partial charge >= 0.3 is 0 Å². The Labute approximate surface area is 155 Å². The fourth-order valence-electron chi connectivity index (χ4n) is 3.51. The van der Waals surface area contributed by atoms with Crippen LogP contribution in [-0.2, 0) is 13.0 Å². The van der Waals surface area contributed by atoms with Crippen LogP contribution in [0, 0.1) is 13.8 Å². The summed E-state index contributed by atoms with van der Waals surface area (Å²) in [5.74, 6) is -0.0304. The summed E-state index contributed by atoms with van der Waals surface area (Å²) in [6.45, 7) is 8.37. The summed E-state index contributed by atoms with van der Waals surface area (Å²) in [5, 5.41) is 11.1. The summed E-state index contributed by atoms with van der Waals surface area (Å²) in [6, 6.07) is 8.63. The molecule has 2 heterocycles. The van der Waals surface area contributed by atoms with Crippen LogP contribution in [0.1, 0.15) is 52.3 Å². The van der Waals surface area contributed by atoms with E-state index in [0.717, 1.165) is 37.3 Å². The predicted octanol–water partition coefficient (Wildman–Crippen LogP) is 2.95. The molecular weight excluding hydrogens is 336 g/mol. The molecule has 0 spiro atoms. The van der Waals surface area contributed by atoms with E-state index in [1.807, 2.05) is 18.5 Å². The van der Waals surface area contributed by atoms with Gasteiger partial charge in [0, 0.05) is 24.8 Å². The summed E-state index contributed by atoms with van der Waals surface area (Å²) in [7, 11) is 0. The average molecular weight is 363 g/mol. The Bertz CT molecular complexity index is 741. The standard InChI is InChI=1S/C19H26N4O.ClH/c1-4-11-23-14(3)18(13(2)22-23)19(24)21-12-17-16-8-6-5-7-15(16)9-10-20-17;/h5-8,17,20H,4,9-12H2,1-3H3,(H,21,24);1H. The van der Waals surface area contributed by atoms with Gasteiger partial charge in [-0.3, -0.25) is 9.48 Å². The lowest BCUT2D eigenvalue weighted by molar-refractivity contribution is 0.0947.